The van der Waals surface area contributed by atoms with E-state index in [0.29, 0.717) is 25.0 Å². The average Bonchev–Trinajstić information content (AvgIpc) is 2.98. The van der Waals surface area contributed by atoms with Crippen LogP contribution in [0.4, 0.5) is 0 Å². The first-order valence-corrected chi connectivity index (χ1v) is 7.57. The minimum Gasteiger partial charge on any atom is -0.454 e. The van der Waals surface area contributed by atoms with Crippen molar-refractivity contribution < 1.29 is 9.47 Å². The molecule has 0 radical (unpaired) electrons. The number of rotatable bonds is 4. The Morgan fingerprint density at radius 2 is 1.73 bits per heavy atom. The number of hydrogen-bond acceptors (Lipinski definition) is 3. The highest BCUT2D eigenvalue weighted by atomic mass is 32.1. The van der Waals surface area contributed by atoms with E-state index >= 15 is 0 Å². The summed E-state index contributed by atoms with van der Waals surface area (Å²) in [5.74, 6) is 1.59. The van der Waals surface area contributed by atoms with Crippen molar-refractivity contribution in [3.05, 3.63) is 59.2 Å². The highest BCUT2D eigenvalue weighted by molar-refractivity contribution is 7.80. The van der Waals surface area contributed by atoms with Crippen LogP contribution in [0.5, 0.6) is 11.5 Å². The number of aryl methyl sites for hydroxylation is 1. The molecule has 2 aromatic carbocycles. The van der Waals surface area contributed by atoms with E-state index in [1.165, 1.54) is 11.1 Å². The van der Waals surface area contributed by atoms with E-state index in [2.05, 4.69) is 41.8 Å². The molecule has 1 aliphatic heterocycles. The van der Waals surface area contributed by atoms with E-state index in [1.54, 1.807) is 0 Å². The number of fused-ring (bicyclic) bond motifs is 1. The SMILES string of the molecule is Cc1cccc(CNC(=S)NCc2ccc3c(c2)OCO3)c1. The molecule has 0 amide bonds. The summed E-state index contributed by atoms with van der Waals surface area (Å²) in [6.45, 7) is 3.74. The zero-order chi connectivity index (χ0) is 15.4. The van der Waals surface area contributed by atoms with Gasteiger partial charge in [0.1, 0.15) is 0 Å². The van der Waals surface area contributed by atoms with Gasteiger partial charge in [0.15, 0.2) is 16.6 Å². The van der Waals surface area contributed by atoms with Gasteiger partial charge in [-0.15, -0.1) is 0 Å². The quantitative estimate of drug-likeness (QED) is 0.850. The molecular formula is C17H18N2O2S. The molecule has 0 bridgehead atoms. The van der Waals surface area contributed by atoms with Crippen molar-refractivity contribution >= 4 is 17.3 Å². The molecule has 3 rings (SSSR count). The van der Waals surface area contributed by atoms with Crippen molar-refractivity contribution in [3.8, 4) is 11.5 Å². The van der Waals surface area contributed by atoms with Gasteiger partial charge in [-0.2, -0.15) is 0 Å². The lowest BCUT2D eigenvalue weighted by Gasteiger charge is -2.11. The molecular weight excluding hydrogens is 296 g/mol. The molecule has 1 aliphatic rings. The highest BCUT2D eigenvalue weighted by Gasteiger charge is 2.12. The lowest BCUT2D eigenvalue weighted by Crippen LogP contribution is -2.34. The Bertz CT molecular complexity index is 688. The molecule has 0 aromatic heterocycles. The van der Waals surface area contributed by atoms with Gasteiger partial charge in [0.05, 0.1) is 0 Å². The lowest BCUT2D eigenvalue weighted by atomic mass is 10.1. The molecule has 0 spiro atoms. The molecule has 0 aliphatic carbocycles. The van der Waals surface area contributed by atoms with Crippen LogP contribution < -0.4 is 20.1 Å². The van der Waals surface area contributed by atoms with Gasteiger partial charge in [0.25, 0.3) is 0 Å². The molecule has 0 saturated carbocycles. The molecule has 0 fully saturated rings. The molecule has 0 unspecified atom stereocenters. The minimum atomic E-state index is 0.294. The van der Waals surface area contributed by atoms with Crippen LogP contribution in [0, 0.1) is 6.92 Å². The normalized spacial score (nSPS) is 12.0. The standard InChI is InChI=1S/C17H18N2O2S/c1-12-3-2-4-13(7-12)9-18-17(22)19-10-14-5-6-15-16(8-14)21-11-20-15/h2-8H,9-11H2,1H3,(H2,18,19,22). The Labute approximate surface area is 135 Å². The molecule has 0 atom stereocenters. The number of ether oxygens (including phenoxy) is 2. The summed E-state index contributed by atoms with van der Waals surface area (Å²) in [6, 6.07) is 14.3. The van der Waals surface area contributed by atoms with Crippen LogP contribution in [0.1, 0.15) is 16.7 Å². The van der Waals surface area contributed by atoms with E-state index < -0.39 is 0 Å². The van der Waals surface area contributed by atoms with Gasteiger partial charge in [-0.25, -0.2) is 0 Å². The maximum atomic E-state index is 5.36. The first-order valence-electron chi connectivity index (χ1n) is 7.16. The van der Waals surface area contributed by atoms with Gasteiger partial charge in [-0.3, -0.25) is 0 Å². The summed E-state index contributed by atoms with van der Waals surface area (Å²) >= 11 is 5.31. The summed E-state index contributed by atoms with van der Waals surface area (Å²) in [5.41, 5.74) is 3.56. The monoisotopic (exact) mass is 314 g/mol. The second-order valence-corrected chi connectivity index (χ2v) is 5.62. The van der Waals surface area contributed by atoms with E-state index in [1.807, 2.05) is 18.2 Å². The predicted octanol–water partition coefficient (Wildman–Crippen LogP) is 2.89. The molecule has 2 N–H and O–H groups in total. The fourth-order valence-corrected chi connectivity index (χ4v) is 2.44. The van der Waals surface area contributed by atoms with Crippen LogP contribution in [-0.4, -0.2) is 11.9 Å². The van der Waals surface area contributed by atoms with Crippen molar-refractivity contribution in [1.29, 1.82) is 0 Å². The first-order chi connectivity index (χ1) is 10.7. The van der Waals surface area contributed by atoms with E-state index in [-0.39, 0.29) is 0 Å². The van der Waals surface area contributed by atoms with Gasteiger partial charge in [0, 0.05) is 13.1 Å². The first kappa shape index (κ1) is 14.7. The van der Waals surface area contributed by atoms with Crippen molar-refractivity contribution in [2.45, 2.75) is 20.0 Å². The molecule has 5 heteroatoms. The van der Waals surface area contributed by atoms with Gasteiger partial charge >= 0.3 is 0 Å². The van der Waals surface area contributed by atoms with Crippen molar-refractivity contribution in [3.63, 3.8) is 0 Å². The summed E-state index contributed by atoms with van der Waals surface area (Å²) in [4.78, 5) is 0. The molecule has 22 heavy (non-hydrogen) atoms. The molecule has 4 nitrogen and oxygen atoms in total. The average molecular weight is 314 g/mol. The predicted molar refractivity (Wildman–Crippen MR) is 90.0 cm³/mol. The van der Waals surface area contributed by atoms with E-state index in [4.69, 9.17) is 21.7 Å². The smallest absolute Gasteiger partial charge is 0.231 e. The van der Waals surface area contributed by atoms with Crippen LogP contribution in [0.2, 0.25) is 0 Å². The van der Waals surface area contributed by atoms with Crippen molar-refractivity contribution in [2.24, 2.45) is 0 Å². The molecule has 1 heterocycles. The van der Waals surface area contributed by atoms with Crippen LogP contribution >= 0.6 is 12.2 Å². The number of thiocarbonyl (C=S) groups is 1. The number of benzene rings is 2. The fraction of sp³-hybridized carbons (Fsp3) is 0.235. The van der Waals surface area contributed by atoms with Gasteiger partial charge < -0.3 is 20.1 Å². The third-order valence-corrected chi connectivity index (χ3v) is 3.71. The van der Waals surface area contributed by atoms with Gasteiger partial charge in [-0.1, -0.05) is 35.9 Å². The second-order valence-electron chi connectivity index (χ2n) is 5.21. The number of hydrogen-bond donors (Lipinski definition) is 2. The van der Waals surface area contributed by atoms with Gasteiger partial charge in [0.2, 0.25) is 6.79 Å². The van der Waals surface area contributed by atoms with Crippen molar-refractivity contribution in [1.82, 2.24) is 10.6 Å². The Morgan fingerprint density at radius 1 is 1.00 bits per heavy atom. The molecule has 0 saturated heterocycles. The summed E-state index contributed by atoms with van der Waals surface area (Å²) in [6.07, 6.45) is 0. The molecule has 2 aromatic rings. The third kappa shape index (κ3) is 3.68. The van der Waals surface area contributed by atoms with E-state index in [0.717, 1.165) is 17.1 Å². The van der Waals surface area contributed by atoms with E-state index in [9.17, 15) is 0 Å². The zero-order valence-electron chi connectivity index (χ0n) is 12.4. The zero-order valence-corrected chi connectivity index (χ0v) is 13.2. The maximum absolute atomic E-state index is 5.36. The van der Waals surface area contributed by atoms with Crippen LogP contribution in [0.3, 0.4) is 0 Å². The Balaban J connectivity index is 1.48. The van der Waals surface area contributed by atoms with Crippen LogP contribution in [-0.2, 0) is 13.1 Å². The third-order valence-electron chi connectivity index (χ3n) is 3.43. The minimum absolute atomic E-state index is 0.294. The van der Waals surface area contributed by atoms with Crippen molar-refractivity contribution in [2.75, 3.05) is 6.79 Å². The van der Waals surface area contributed by atoms with Crippen LogP contribution in [0.15, 0.2) is 42.5 Å². The lowest BCUT2D eigenvalue weighted by molar-refractivity contribution is 0.174. The Kier molecular flexibility index (Phi) is 4.44. The largest absolute Gasteiger partial charge is 0.454 e. The number of nitrogens with one attached hydrogen (secondary N) is 2. The fourth-order valence-electron chi connectivity index (χ4n) is 2.30. The topological polar surface area (TPSA) is 42.5 Å². The molecule has 114 valence electrons. The summed E-state index contributed by atoms with van der Waals surface area (Å²) in [5, 5.41) is 7.05. The second kappa shape index (κ2) is 6.66. The Hall–Kier alpha value is -2.27. The van der Waals surface area contributed by atoms with Crippen LogP contribution in [0.25, 0.3) is 0 Å². The summed E-state index contributed by atoms with van der Waals surface area (Å²) in [7, 11) is 0. The highest BCUT2D eigenvalue weighted by Crippen LogP contribution is 2.32. The maximum Gasteiger partial charge on any atom is 0.231 e. The Morgan fingerprint density at radius 3 is 2.50 bits per heavy atom. The van der Waals surface area contributed by atoms with Gasteiger partial charge in [-0.05, 0) is 42.4 Å². The summed E-state index contributed by atoms with van der Waals surface area (Å²) < 4.78 is 10.7.